The molecule has 7 N–H and O–H groups in total. The number of hydrogen-bond donors (Lipinski definition) is 6. The predicted octanol–water partition coefficient (Wildman–Crippen LogP) is -0.718. The molecule has 3 heterocycles. The average Bonchev–Trinajstić information content (AvgIpc) is 3.40. The normalized spacial score (nSPS) is 21.4. The molecule has 4 rings (SSSR count). The molecule has 2 aromatic heterocycles. The lowest BCUT2D eigenvalue weighted by atomic mass is 10.1. The number of hydrogen-bond acceptors (Lipinski definition) is 11. The second-order valence-corrected chi connectivity index (χ2v) is 8.08. The molecule has 1 aromatic carbocycles. The number of fused-ring (bicyclic) bond motifs is 1. The van der Waals surface area contributed by atoms with E-state index >= 15 is 0 Å². The molecule has 36 heavy (non-hydrogen) atoms. The van der Waals surface area contributed by atoms with Crippen molar-refractivity contribution in [3.05, 3.63) is 36.2 Å². The van der Waals surface area contributed by atoms with E-state index in [0.29, 0.717) is 25.3 Å². The maximum Gasteiger partial charge on any atom is 0.341 e. The quantitative estimate of drug-likeness (QED) is 0.203. The van der Waals surface area contributed by atoms with Gasteiger partial charge in [0.05, 0.1) is 6.33 Å². The number of aliphatic hydroxyl groups excluding tert-OH is 2. The number of carboxylic acid groups (broad SMARTS) is 1. The molecule has 1 saturated heterocycles. The van der Waals surface area contributed by atoms with Crippen LogP contribution in [0.4, 0.5) is 11.8 Å². The van der Waals surface area contributed by atoms with Crippen molar-refractivity contribution in [2.75, 3.05) is 30.7 Å². The standard InChI is InChI=1S/C22H27N7O7/c1-2-24-20(34)17-15(32)16(33)21(36-17)29-10-26-14-18(23)27-22(28-19(14)29)25-8-7-11-3-5-12(6-4-11)35-9-13(30)31/h3-6,10,15-17,21,32-33H,2,7-9H2,1H3,(H,24,34)(H,30,31)(H3,23,25,27,28)/t15-,16+,17-,21?/m0/s1. The molecule has 14 nitrogen and oxygen atoms in total. The minimum Gasteiger partial charge on any atom is -0.482 e. The molecule has 1 fully saturated rings. The SMILES string of the molecule is CCNC(=O)[C@H]1OC(n2cnc3c(N)nc(NCCc4ccc(OCC(=O)O)cc4)nc32)[C@H](O)[C@@H]1O. The highest BCUT2D eigenvalue weighted by atomic mass is 16.6. The molecule has 4 atom stereocenters. The Morgan fingerprint density at radius 1 is 1.19 bits per heavy atom. The molecule has 192 valence electrons. The number of carbonyl (C=O) groups excluding carboxylic acids is 1. The molecule has 14 heteroatoms. The number of aromatic nitrogens is 4. The number of aliphatic carboxylic acids is 1. The zero-order valence-electron chi connectivity index (χ0n) is 19.4. The molecule has 1 aliphatic heterocycles. The second-order valence-electron chi connectivity index (χ2n) is 8.08. The van der Waals surface area contributed by atoms with Gasteiger partial charge in [-0.05, 0) is 31.0 Å². The first kappa shape index (κ1) is 25.1. The molecule has 0 bridgehead atoms. The number of ether oxygens (including phenoxy) is 2. The lowest BCUT2D eigenvalue weighted by molar-refractivity contribution is -0.139. The molecular weight excluding hydrogens is 474 g/mol. The fourth-order valence-electron chi connectivity index (χ4n) is 3.80. The van der Waals surface area contributed by atoms with E-state index in [9.17, 15) is 19.8 Å². The number of aliphatic hydroxyl groups is 2. The first-order chi connectivity index (χ1) is 17.3. The third kappa shape index (κ3) is 5.30. The summed E-state index contributed by atoms with van der Waals surface area (Å²) in [5.41, 5.74) is 7.57. The largest absolute Gasteiger partial charge is 0.482 e. The van der Waals surface area contributed by atoms with Crippen LogP contribution in [0.15, 0.2) is 30.6 Å². The zero-order valence-corrected chi connectivity index (χ0v) is 19.4. The summed E-state index contributed by atoms with van der Waals surface area (Å²) in [4.78, 5) is 35.6. The minimum atomic E-state index is -1.43. The smallest absolute Gasteiger partial charge is 0.341 e. The first-order valence-corrected chi connectivity index (χ1v) is 11.2. The Morgan fingerprint density at radius 2 is 1.94 bits per heavy atom. The number of rotatable bonds is 10. The molecule has 0 saturated carbocycles. The Kier molecular flexibility index (Phi) is 7.47. The van der Waals surface area contributed by atoms with Gasteiger partial charge in [-0.2, -0.15) is 9.97 Å². The zero-order chi connectivity index (χ0) is 25.8. The van der Waals surface area contributed by atoms with E-state index in [1.807, 2.05) is 12.1 Å². The summed E-state index contributed by atoms with van der Waals surface area (Å²) in [5.74, 6) is -0.799. The van der Waals surface area contributed by atoms with Crippen LogP contribution >= 0.6 is 0 Å². The molecule has 1 aliphatic rings. The highest BCUT2D eigenvalue weighted by Gasteiger charge is 2.47. The molecule has 3 aromatic rings. The van der Waals surface area contributed by atoms with Gasteiger partial charge in [0.15, 0.2) is 30.4 Å². The van der Waals surface area contributed by atoms with Gasteiger partial charge in [-0.15, -0.1) is 0 Å². The topological polar surface area (TPSA) is 207 Å². The summed E-state index contributed by atoms with van der Waals surface area (Å²) in [5, 5.41) is 35.2. The number of likely N-dealkylation sites (N-methyl/N-ethyl adjacent to an activating group) is 1. The van der Waals surface area contributed by atoms with Gasteiger partial charge in [-0.1, -0.05) is 12.1 Å². The van der Waals surface area contributed by atoms with Gasteiger partial charge in [-0.25, -0.2) is 9.78 Å². The van der Waals surface area contributed by atoms with Gasteiger partial charge in [-0.3, -0.25) is 9.36 Å². The van der Waals surface area contributed by atoms with Crippen molar-refractivity contribution in [3.63, 3.8) is 0 Å². The summed E-state index contributed by atoms with van der Waals surface area (Å²) in [7, 11) is 0. The van der Waals surface area contributed by atoms with Crippen LogP contribution in [0.25, 0.3) is 11.2 Å². The number of nitrogens with two attached hydrogens (primary N) is 1. The lowest BCUT2D eigenvalue weighted by Gasteiger charge is -2.16. The van der Waals surface area contributed by atoms with Crippen molar-refractivity contribution in [2.45, 2.75) is 37.9 Å². The fourth-order valence-corrected chi connectivity index (χ4v) is 3.80. The second kappa shape index (κ2) is 10.7. The van der Waals surface area contributed by atoms with Crippen LogP contribution in [0.2, 0.25) is 0 Å². The van der Waals surface area contributed by atoms with Crippen molar-refractivity contribution < 1.29 is 34.4 Å². The van der Waals surface area contributed by atoms with Gasteiger partial charge in [0.25, 0.3) is 5.91 Å². The molecule has 1 unspecified atom stereocenters. The van der Waals surface area contributed by atoms with E-state index in [2.05, 4.69) is 25.6 Å². The number of nitrogens with one attached hydrogen (secondary N) is 2. The van der Waals surface area contributed by atoms with Gasteiger partial charge in [0, 0.05) is 13.1 Å². The Balaban J connectivity index is 1.45. The number of nitrogen functional groups attached to an aromatic ring is 1. The van der Waals surface area contributed by atoms with E-state index in [1.54, 1.807) is 19.1 Å². The molecular formula is C22H27N7O7. The number of imidazole rings is 1. The predicted molar refractivity (Wildman–Crippen MR) is 126 cm³/mol. The number of nitrogens with zero attached hydrogens (tertiary/aromatic N) is 4. The Morgan fingerprint density at radius 3 is 2.64 bits per heavy atom. The fraction of sp³-hybridized carbons (Fsp3) is 0.409. The highest BCUT2D eigenvalue weighted by Crippen LogP contribution is 2.32. The average molecular weight is 502 g/mol. The number of anilines is 2. The van der Waals surface area contributed by atoms with Crippen molar-refractivity contribution in [1.29, 1.82) is 0 Å². The van der Waals surface area contributed by atoms with Crippen molar-refractivity contribution in [3.8, 4) is 5.75 Å². The van der Waals surface area contributed by atoms with Crippen LogP contribution in [-0.2, 0) is 20.7 Å². The monoisotopic (exact) mass is 501 g/mol. The highest BCUT2D eigenvalue weighted by molar-refractivity contribution is 5.83. The van der Waals surface area contributed by atoms with Crippen molar-refractivity contribution in [1.82, 2.24) is 24.8 Å². The summed E-state index contributed by atoms with van der Waals surface area (Å²) >= 11 is 0. The molecule has 0 spiro atoms. The van der Waals surface area contributed by atoms with Gasteiger partial charge >= 0.3 is 5.97 Å². The van der Waals surface area contributed by atoms with Crippen LogP contribution in [0, 0.1) is 0 Å². The van der Waals surface area contributed by atoms with E-state index in [1.165, 1.54) is 10.9 Å². The van der Waals surface area contributed by atoms with Crippen LogP contribution in [0.1, 0.15) is 18.7 Å². The van der Waals surface area contributed by atoms with Crippen LogP contribution in [0.3, 0.4) is 0 Å². The van der Waals surface area contributed by atoms with Gasteiger partial charge in [0.2, 0.25) is 5.95 Å². The van der Waals surface area contributed by atoms with E-state index in [-0.39, 0.29) is 22.9 Å². The number of carbonyl (C=O) groups is 2. The first-order valence-electron chi connectivity index (χ1n) is 11.2. The third-order valence-electron chi connectivity index (χ3n) is 5.55. The van der Waals surface area contributed by atoms with Crippen molar-refractivity contribution >= 4 is 34.8 Å². The van der Waals surface area contributed by atoms with E-state index < -0.39 is 43.0 Å². The Bertz CT molecular complexity index is 1230. The number of benzene rings is 1. The third-order valence-corrected chi connectivity index (χ3v) is 5.55. The maximum atomic E-state index is 12.2. The minimum absolute atomic E-state index is 0.106. The van der Waals surface area contributed by atoms with Crippen molar-refractivity contribution in [2.24, 2.45) is 0 Å². The molecule has 0 aliphatic carbocycles. The van der Waals surface area contributed by atoms with E-state index in [0.717, 1.165) is 5.56 Å². The molecule has 0 radical (unpaired) electrons. The maximum absolute atomic E-state index is 12.2. The summed E-state index contributed by atoms with van der Waals surface area (Å²) in [6.07, 6.45) is -3.23. The number of carboxylic acids is 1. The summed E-state index contributed by atoms with van der Waals surface area (Å²) in [6, 6.07) is 7.02. The lowest BCUT2D eigenvalue weighted by Crippen LogP contribution is -2.42. The van der Waals surface area contributed by atoms with Gasteiger partial charge < -0.3 is 41.2 Å². The number of amides is 1. The summed E-state index contributed by atoms with van der Waals surface area (Å²) < 4.78 is 12.2. The molecule has 1 amide bonds. The van der Waals surface area contributed by atoms with Crippen LogP contribution < -0.4 is 21.1 Å². The van der Waals surface area contributed by atoms with Crippen LogP contribution in [-0.4, -0.2) is 84.7 Å². The summed E-state index contributed by atoms with van der Waals surface area (Å²) in [6.45, 7) is 2.13. The Labute approximate surface area is 205 Å². The van der Waals surface area contributed by atoms with Gasteiger partial charge in [0.1, 0.15) is 23.5 Å². The Hall–Kier alpha value is -4.01. The van der Waals surface area contributed by atoms with Crippen LogP contribution in [0.5, 0.6) is 5.75 Å². The van der Waals surface area contributed by atoms with E-state index in [4.69, 9.17) is 20.3 Å².